The molecule has 0 radical (unpaired) electrons. The summed E-state index contributed by atoms with van der Waals surface area (Å²) >= 11 is 5.78. The van der Waals surface area contributed by atoms with E-state index in [0.717, 1.165) is 11.1 Å². The van der Waals surface area contributed by atoms with E-state index in [2.05, 4.69) is 5.32 Å². The molecule has 4 heteroatoms. The fourth-order valence-electron chi connectivity index (χ4n) is 2.25. The van der Waals surface area contributed by atoms with E-state index in [-0.39, 0.29) is 5.82 Å². The van der Waals surface area contributed by atoms with Gasteiger partial charge in [-0.15, -0.1) is 0 Å². The van der Waals surface area contributed by atoms with E-state index in [1.165, 1.54) is 18.2 Å². The molecule has 1 unspecified atom stereocenters. The Labute approximate surface area is 122 Å². The highest BCUT2D eigenvalue weighted by atomic mass is 35.5. The van der Waals surface area contributed by atoms with Gasteiger partial charge in [0.05, 0.1) is 6.04 Å². The van der Waals surface area contributed by atoms with Gasteiger partial charge in [-0.25, -0.2) is 8.78 Å². The van der Waals surface area contributed by atoms with Gasteiger partial charge in [-0.2, -0.15) is 0 Å². The van der Waals surface area contributed by atoms with E-state index in [4.69, 9.17) is 11.6 Å². The van der Waals surface area contributed by atoms with Crippen LogP contribution >= 0.6 is 11.6 Å². The van der Waals surface area contributed by atoms with Crippen LogP contribution in [0.1, 0.15) is 29.7 Å². The largest absolute Gasteiger partial charge is 0.306 e. The average Bonchev–Trinajstić information content (AvgIpc) is 2.40. The summed E-state index contributed by atoms with van der Waals surface area (Å²) in [4.78, 5) is 0. The lowest BCUT2D eigenvalue weighted by atomic mass is 9.94. The van der Waals surface area contributed by atoms with E-state index < -0.39 is 11.9 Å². The van der Waals surface area contributed by atoms with Crippen LogP contribution in [0.5, 0.6) is 0 Å². The second kappa shape index (κ2) is 6.33. The maximum Gasteiger partial charge on any atom is 0.129 e. The van der Waals surface area contributed by atoms with Crippen molar-refractivity contribution >= 4 is 11.6 Å². The van der Waals surface area contributed by atoms with Crippen LogP contribution in [-0.2, 0) is 0 Å². The first-order valence-corrected chi connectivity index (χ1v) is 6.85. The predicted octanol–water partition coefficient (Wildman–Crippen LogP) is 4.63. The first-order chi connectivity index (χ1) is 9.52. The molecule has 2 aromatic carbocycles. The van der Waals surface area contributed by atoms with E-state index in [1.807, 2.05) is 13.8 Å². The monoisotopic (exact) mass is 295 g/mol. The SMILES string of the molecule is CCNC(c1cc(F)ccc1C)c1ccc(Cl)cc1F. The summed E-state index contributed by atoms with van der Waals surface area (Å²) in [5, 5.41) is 3.54. The van der Waals surface area contributed by atoms with E-state index >= 15 is 0 Å². The summed E-state index contributed by atoms with van der Waals surface area (Å²) < 4.78 is 27.6. The van der Waals surface area contributed by atoms with Crippen LogP contribution in [0.25, 0.3) is 0 Å². The molecule has 0 aromatic heterocycles. The standard InChI is InChI=1S/C16H16ClF2N/c1-3-20-16(13-7-5-11(17)8-15(13)19)14-9-12(18)6-4-10(14)2/h4-9,16,20H,3H2,1-2H3. The van der Waals surface area contributed by atoms with Crippen molar-refractivity contribution in [2.75, 3.05) is 6.54 Å². The smallest absolute Gasteiger partial charge is 0.129 e. The Morgan fingerprint density at radius 3 is 2.50 bits per heavy atom. The Kier molecular flexibility index (Phi) is 4.73. The third-order valence-electron chi connectivity index (χ3n) is 3.23. The molecule has 0 bridgehead atoms. The van der Waals surface area contributed by atoms with Crippen molar-refractivity contribution < 1.29 is 8.78 Å². The first kappa shape index (κ1) is 14.9. The Morgan fingerprint density at radius 1 is 1.10 bits per heavy atom. The van der Waals surface area contributed by atoms with Gasteiger partial charge in [-0.05, 0) is 48.9 Å². The number of benzene rings is 2. The van der Waals surface area contributed by atoms with Crippen LogP contribution in [0.2, 0.25) is 5.02 Å². The van der Waals surface area contributed by atoms with E-state index in [1.54, 1.807) is 18.2 Å². The fourth-order valence-corrected chi connectivity index (χ4v) is 2.41. The number of nitrogens with one attached hydrogen (secondary N) is 1. The maximum absolute atomic E-state index is 14.1. The van der Waals surface area contributed by atoms with Gasteiger partial charge >= 0.3 is 0 Å². The van der Waals surface area contributed by atoms with Gasteiger partial charge in [0, 0.05) is 10.6 Å². The molecule has 1 N–H and O–H groups in total. The zero-order valence-corrected chi connectivity index (χ0v) is 12.1. The van der Waals surface area contributed by atoms with Crippen molar-refractivity contribution in [2.24, 2.45) is 0 Å². The zero-order valence-electron chi connectivity index (χ0n) is 11.4. The topological polar surface area (TPSA) is 12.0 Å². The van der Waals surface area contributed by atoms with E-state index in [9.17, 15) is 8.78 Å². The second-order valence-electron chi connectivity index (χ2n) is 4.66. The quantitative estimate of drug-likeness (QED) is 0.867. The van der Waals surface area contributed by atoms with Gasteiger partial charge in [0.25, 0.3) is 0 Å². The van der Waals surface area contributed by atoms with Gasteiger partial charge in [0.1, 0.15) is 11.6 Å². The summed E-state index contributed by atoms with van der Waals surface area (Å²) in [7, 11) is 0. The summed E-state index contributed by atoms with van der Waals surface area (Å²) in [6.07, 6.45) is 0. The Balaban J connectivity index is 2.53. The summed E-state index contributed by atoms with van der Waals surface area (Å²) in [6, 6.07) is 8.69. The minimum absolute atomic E-state index is 0.331. The molecule has 0 heterocycles. The Bertz CT molecular complexity index is 613. The molecule has 0 aliphatic heterocycles. The molecule has 0 saturated heterocycles. The van der Waals surface area contributed by atoms with Crippen molar-refractivity contribution in [3.63, 3.8) is 0 Å². The highest BCUT2D eigenvalue weighted by Gasteiger charge is 2.19. The van der Waals surface area contributed by atoms with Gasteiger partial charge in [0.15, 0.2) is 0 Å². The fraction of sp³-hybridized carbons (Fsp3) is 0.250. The highest BCUT2D eigenvalue weighted by Crippen LogP contribution is 2.28. The van der Waals surface area contributed by atoms with Gasteiger partial charge in [-0.3, -0.25) is 0 Å². The molecular formula is C16H16ClF2N. The number of aryl methyl sites for hydroxylation is 1. The molecule has 0 saturated carbocycles. The minimum Gasteiger partial charge on any atom is -0.306 e. The van der Waals surface area contributed by atoms with Crippen molar-refractivity contribution in [2.45, 2.75) is 19.9 Å². The van der Waals surface area contributed by atoms with Crippen molar-refractivity contribution in [1.29, 1.82) is 0 Å². The Hall–Kier alpha value is -1.45. The van der Waals surface area contributed by atoms with Gasteiger partial charge in [0.2, 0.25) is 0 Å². The van der Waals surface area contributed by atoms with Crippen molar-refractivity contribution in [3.05, 3.63) is 69.7 Å². The summed E-state index contributed by atoms with van der Waals surface area (Å²) in [5.41, 5.74) is 2.10. The normalized spacial score (nSPS) is 12.4. The lowest BCUT2D eigenvalue weighted by molar-refractivity contribution is 0.553. The molecule has 0 aliphatic rings. The number of rotatable bonds is 4. The lowest BCUT2D eigenvalue weighted by Crippen LogP contribution is -2.24. The number of hydrogen-bond acceptors (Lipinski definition) is 1. The molecule has 1 nitrogen and oxygen atoms in total. The molecule has 2 aromatic rings. The molecule has 20 heavy (non-hydrogen) atoms. The molecule has 0 spiro atoms. The van der Waals surface area contributed by atoms with E-state index in [0.29, 0.717) is 17.1 Å². The lowest BCUT2D eigenvalue weighted by Gasteiger charge is -2.21. The molecule has 106 valence electrons. The number of hydrogen-bond donors (Lipinski definition) is 1. The first-order valence-electron chi connectivity index (χ1n) is 6.47. The minimum atomic E-state index is -0.396. The molecular weight excluding hydrogens is 280 g/mol. The molecule has 0 amide bonds. The predicted molar refractivity (Wildman–Crippen MR) is 78.1 cm³/mol. The highest BCUT2D eigenvalue weighted by molar-refractivity contribution is 6.30. The van der Waals surface area contributed by atoms with Crippen LogP contribution in [0.3, 0.4) is 0 Å². The summed E-state index contributed by atoms with van der Waals surface area (Å²) in [6.45, 7) is 4.45. The van der Waals surface area contributed by atoms with Crippen molar-refractivity contribution in [3.8, 4) is 0 Å². The molecule has 0 aliphatic carbocycles. The van der Waals surface area contributed by atoms with Crippen LogP contribution < -0.4 is 5.32 Å². The van der Waals surface area contributed by atoms with Crippen LogP contribution in [0.4, 0.5) is 8.78 Å². The maximum atomic E-state index is 14.1. The number of halogens is 3. The zero-order chi connectivity index (χ0) is 14.7. The van der Waals surface area contributed by atoms with Gasteiger partial charge < -0.3 is 5.32 Å². The molecule has 1 atom stereocenters. The molecule has 0 fully saturated rings. The third kappa shape index (κ3) is 3.17. The van der Waals surface area contributed by atoms with Crippen LogP contribution in [-0.4, -0.2) is 6.54 Å². The Morgan fingerprint density at radius 2 is 1.85 bits per heavy atom. The summed E-state index contributed by atoms with van der Waals surface area (Å²) in [5.74, 6) is -0.727. The van der Waals surface area contributed by atoms with Crippen LogP contribution in [0, 0.1) is 18.6 Å². The third-order valence-corrected chi connectivity index (χ3v) is 3.47. The van der Waals surface area contributed by atoms with Crippen LogP contribution in [0.15, 0.2) is 36.4 Å². The molecule has 2 rings (SSSR count). The second-order valence-corrected chi connectivity index (χ2v) is 5.09. The van der Waals surface area contributed by atoms with Crippen molar-refractivity contribution in [1.82, 2.24) is 5.32 Å². The van der Waals surface area contributed by atoms with Gasteiger partial charge in [-0.1, -0.05) is 30.7 Å². The average molecular weight is 296 g/mol.